The molecule has 1 heterocycles. The molecule has 0 radical (unpaired) electrons. The van der Waals surface area contributed by atoms with Crippen molar-refractivity contribution in [2.24, 2.45) is 0 Å². The Hall–Kier alpha value is -2.12. The first-order chi connectivity index (χ1) is 8.78. The number of rotatable bonds is 5. The first kappa shape index (κ1) is 14.9. The summed E-state index contributed by atoms with van der Waals surface area (Å²) in [5.74, 6) is 0.284. The zero-order valence-corrected chi connectivity index (χ0v) is 11.8. The van der Waals surface area contributed by atoms with Crippen molar-refractivity contribution >= 4 is 17.3 Å². The van der Waals surface area contributed by atoms with Gasteiger partial charge in [-0.2, -0.15) is 9.97 Å². The van der Waals surface area contributed by atoms with Crippen LogP contribution < -0.4 is 15.4 Å². The molecule has 0 aromatic carbocycles. The van der Waals surface area contributed by atoms with E-state index in [9.17, 15) is 10.1 Å². The number of hydrogen-bond acceptors (Lipinski definition) is 7. The number of nitrogens with zero attached hydrogens (tertiary/aromatic N) is 3. The fourth-order valence-electron chi connectivity index (χ4n) is 1.43. The highest BCUT2D eigenvalue weighted by molar-refractivity contribution is 5.70. The smallest absolute Gasteiger partial charge is 0.353 e. The molecule has 0 atom stereocenters. The van der Waals surface area contributed by atoms with Crippen LogP contribution in [0.1, 0.15) is 27.7 Å². The first-order valence-electron chi connectivity index (χ1n) is 5.91. The van der Waals surface area contributed by atoms with Gasteiger partial charge in [0.2, 0.25) is 11.6 Å². The fraction of sp³-hybridized carbons (Fsp3) is 0.636. The lowest BCUT2D eigenvalue weighted by Crippen LogP contribution is -2.27. The van der Waals surface area contributed by atoms with Crippen molar-refractivity contribution in [3.63, 3.8) is 0 Å². The van der Waals surface area contributed by atoms with Crippen molar-refractivity contribution in [2.45, 2.75) is 33.2 Å². The Morgan fingerprint density at radius 1 is 1.32 bits per heavy atom. The van der Waals surface area contributed by atoms with Gasteiger partial charge in [-0.05, 0) is 27.7 Å². The van der Waals surface area contributed by atoms with Gasteiger partial charge in [0.1, 0.15) is 0 Å². The summed E-state index contributed by atoms with van der Waals surface area (Å²) in [6.45, 7) is 8.00. The van der Waals surface area contributed by atoms with Crippen LogP contribution in [0.25, 0.3) is 0 Å². The number of nitro groups is 1. The van der Waals surface area contributed by atoms with Crippen LogP contribution in [-0.2, 0) is 0 Å². The van der Waals surface area contributed by atoms with Gasteiger partial charge in [-0.15, -0.1) is 0 Å². The Kier molecular flexibility index (Phi) is 4.47. The lowest BCUT2D eigenvalue weighted by atomic mass is 10.1. The summed E-state index contributed by atoms with van der Waals surface area (Å²) in [7, 11) is 1.41. The number of nitrogens with one attached hydrogen (secondary N) is 2. The molecule has 0 saturated carbocycles. The highest BCUT2D eigenvalue weighted by atomic mass is 16.6. The van der Waals surface area contributed by atoms with E-state index in [4.69, 9.17) is 4.74 Å². The van der Waals surface area contributed by atoms with E-state index < -0.39 is 4.92 Å². The third-order valence-corrected chi connectivity index (χ3v) is 2.07. The molecule has 0 fully saturated rings. The zero-order valence-electron chi connectivity index (χ0n) is 11.8. The van der Waals surface area contributed by atoms with Crippen molar-refractivity contribution in [2.75, 3.05) is 24.3 Å². The Morgan fingerprint density at radius 3 is 2.32 bits per heavy atom. The summed E-state index contributed by atoms with van der Waals surface area (Å²) in [5, 5.41) is 17.0. The van der Waals surface area contributed by atoms with E-state index in [2.05, 4.69) is 20.6 Å². The predicted octanol–water partition coefficient (Wildman–Crippen LogP) is 2.04. The highest BCUT2D eigenvalue weighted by Gasteiger charge is 2.27. The lowest BCUT2D eigenvalue weighted by molar-refractivity contribution is -0.383. The van der Waals surface area contributed by atoms with Crippen molar-refractivity contribution in [3.05, 3.63) is 10.1 Å². The molecule has 0 bridgehead atoms. The topological polar surface area (TPSA) is 102 Å². The van der Waals surface area contributed by atoms with Gasteiger partial charge < -0.3 is 15.4 Å². The third kappa shape index (κ3) is 3.94. The van der Waals surface area contributed by atoms with E-state index in [1.165, 1.54) is 7.11 Å². The Morgan fingerprint density at radius 2 is 1.89 bits per heavy atom. The molecular weight excluding hydrogens is 250 g/mol. The molecule has 0 amide bonds. The molecule has 0 aliphatic carbocycles. The van der Waals surface area contributed by atoms with E-state index >= 15 is 0 Å². The van der Waals surface area contributed by atoms with Crippen LogP contribution in [0, 0.1) is 10.1 Å². The van der Waals surface area contributed by atoms with Crippen LogP contribution in [0.2, 0.25) is 0 Å². The number of ether oxygens (including phenoxy) is 1. The Bertz CT molecular complexity index is 470. The molecule has 0 unspecified atom stereocenters. The SMILES string of the molecule is CCNc1nc(OC)nc(NC(C)(C)C)c1[N+](=O)[O-]. The summed E-state index contributed by atoms with van der Waals surface area (Å²) >= 11 is 0. The second-order valence-corrected chi connectivity index (χ2v) is 4.92. The molecule has 0 saturated heterocycles. The maximum atomic E-state index is 11.2. The van der Waals surface area contributed by atoms with Crippen LogP contribution in [-0.4, -0.2) is 34.1 Å². The predicted molar refractivity (Wildman–Crippen MR) is 72.8 cm³/mol. The minimum absolute atomic E-state index is 0.0771. The molecule has 8 heteroatoms. The summed E-state index contributed by atoms with van der Waals surface area (Å²) in [5.41, 5.74) is -0.550. The number of methoxy groups -OCH3 is 1. The van der Waals surface area contributed by atoms with Crippen LogP contribution >= 0.6 is 0 Å². The van der Waals surface area contributed by atoms with E-state index in [1.54, 1.807) is 0 Å². The first-order valence-corrected chi connectivity index (χ1v) is 5.91. The average Bonchev–Trinajstić information content (AvgIpc) is 2.26. The van der Waals surface area contributed by atoms with Crippen LogP contribution in [0.15, 0.2) is 0 Å². The van der Waals surface area contributed by atoms with Gasteiger partial charge in [0.15, 0.2) is 0 Å². The standard InChI is InChI=1S/C11H19N5O3/c1-6-12-8-7(16(17)18)9(15-11(2,3)4)14-10(13-8)19-5/h6H2,1-5H3,(H2,12,13,14,15). The van der Waals surface area contributed by atoms with Gasteiger partial charge in [0.05, 0.1) is 12.0 Å². The van der Waals surface area contributed by atoms with Gasteiger partial charge in [0.25, 0.3) is 0 Å². The van der Waals surface area contributed by atoms with E-state index in [-0.39, 0.29) is 28.9 Å². The molecule has 2 N–H and O–H groups in total. The molecule has 0 spiro atoms. The molecule has 8 nitrogen and oxygen atoms in total. The molecule has 1 aromatic rings. The van der Waals surface area contributed by atoms with Crippen molar-refractivity contribution in [1.82, 2.24) is 9.97 Å². The van der Waals surface area contributed by atoms with Crippen LogP contribution in [0.4, 0.5) is 17.3 Å². The second kappa shape index (κ2) is 5.68. The molecule has 106 valence electrons. The molecule has 19 heavy (non-hydrogen) atoms. The number of aromatic nitrogens is 2. The third-order valence-electron chi connectivity index (χ3n) is 2.07. The van der Waals surface area contributed by atoms with E-state index in [0.717, 1.165) is 0 Å². The Labute approximate surface area is 111 Å². The van der Waals surface area contributed by atoms with Gasteiger partial charge in [-0.25, -0.2) is 0 Å². The molecule has 1 rings (SSSR count). The van der Waals surface area contributed by atoms with E-state index in [0.29, 0.717) is 6.54 Å². The van der Waals surface area contributed by atoms with Gasteiger partial charge >= 0.3 is 11.7 Å². The fourth-order valence-corrected chi connectivity index (χ4v) is 1.43. The number of hydrogen-bond donors (Lipinski definition) is 2. The van der Waals surface area contributed by atoms with Crippen molar-refractivity contribution in [3.8, 4) is 6.01 Å². The van der Waals surface area contributed by atoms with Crippen molar-refractivity contribution in [1.29, 1.82) is 0 Å². The number of anilines is 2. The lowest BCUT2D eigenvalue weighted by Gasteiger charge is -2.21. The Balaban J connectivity index is 3.39. The van der Waals surface area contributed by atoms with E-state index in [1.807, 2.05) is 27.7 Å². The zero-order chi connectivity index (χ0) is 14.6. The minimum atomic E-state index is -0.508. The minimum Gasteiger partial charge on any atom is -0.467 e. The largest absolute Gasteiger partial charge is 0.467 e. The molecule has 0 aliphatic heterocycles. The molecule has 0 aliphatic rings. The summed E-state index contributed by atoms with van der Waals surface area (Å²) in [6, 6.07) is 0.0771. The normalized spacial score (nSPS) is 11.0. The highest BCUT2D eigenvalue weighted by Crippen LogP contribution is 2.33. The quantitative estimate of drug-likeness (QED) is 0.622. The maximum absolute atomic E-state index is 11.2. The molecular formula is C11H19N5O3. The summed E-state index contributed by atoms with van der Waals surface area (Å²) in [6.07, 6.45) is 0. The van der Waals surface area contributed by atoms with Crippen molar-refractivity contribution < 1.29 is 9.66 Å². The maximum Gasteiger partial charge on any atom is 0.353 e. The average molecular weight is 269 g/mol. The second-order valence-electron chi connectivity index (χ2n) is 4.92. The molecule has 1 aromatic heterocycles. The van der Waals surface area contributed by atoms with Crippen LogP contribution in [0.3, 0.4) is 0 Å². The monoisotopic (exact) mass is 269 g/mol. The summed E-state index contributed by atoms with van der Waals surface area (Å²) < 4.78 is 4.97. The summed E-state index contributed by atoms with van der Waals surface area (Å²) in [4.78, 5) is 18.7. The van der Waals surface area contributed by atoms with Gasteiger partial charge in [0, 0.05) is 12.1 Å². The van der Waals surface area contributed by atoms with Crippen LogP contribution in [0.5, 0.6) is 6.01 Å². The van der Waals surface area contributed by atoms with Gasteiger partial charge in [-0.1, -0.05) is 0 Å². The van der Waals surface area contributed by atoms with Gasteiger partial charge in [-0.3, -0.25) is 10.1 Å².